The van der Waals surface area contributed by atoms with Crippen LogP contribution in [0.4, 0.5) is 0 Å². The number of aromatic nitrogens is 2. The summed E-state index contributed by atoms with van der Waals surface area (Å²) in [6, 6.07) is 6.22. The van der Waals surface area contributed by atoms with E-state index < -0.39 is 17.1 Å². The smallest absolute Gasteiger partial charge is 0.248 e. The second-order valence-corrected chi connectivity index (χ2v) is 5.06. The maximum Gasteiger partial charge on any atom is 0.248 e. The van der Waals surface area contributed by atoms with E-state index in [2.05, 4.69) is 10.2 Å². The molecule has 0 radical (unpaired) electrons. The molecule has 118 valence electrons. The van der Waals surface area contributed by atoms with E-state index in [-0.39, 0.29) is 11.3 Å². The van der Waals surface area contributed by atoms with Crippen molar-refractivity contribution < 1.29 is 9.59 Å². The number of hydrogen-bond donors (Lipinski definition) is 2. The average molecular weight is 312 g/mol. The van der Waals surface area contributed by atoms with Gasteiger partial charge in [0.25, 0.3) is 0 Å². The molecule has 23 heavy (non-hydrogen) atoms. The zero-order valence-corrected chi connectivity index (χ0v) is 12.7. The lowest BCUT2D eigenvalue weighted by Crippen LogP contribution is -2.19. The summed E-state index contributed by atoms with van der Waals surface area (Å²) in [6.07, 6.45) is 4.23. The van der Waals surface area contributed by atoms with Gasteiger partial charge >= 0.3 is 0 Å². The van der Waals surface area contributed by atoms with Crippen LogP contribution in [0.3, 0.4) is 0 Å². The standard InChI is InChI=1S/C16H16N4O3/c1-20(2)8-7-13(21)14-15(22)12(9-18-19-14)10-3-5-11(6-4-10)16(17)23/h3-9H,1-2H3,(H2,17,23)(H,18,22). The number of benzene rings is 1. The van der Waals surface area contributed by atoms with Crippen molar-refractivity contribution in [3.63, 3.8) is 0 Å². The normalized spacial score (nSPS) is 10.7. The number of hydrogen-bond acceptors (Lipinski definition) is 5. The van der Waals surface area contributed by atoms with Gasteiger partial charge in [0.2, 0.25) is 17.1 Å². The fraction of sp³-hybridized carbons (Fsp3) is 0.125. The van der Waals surface area contributed by atoms with Crippen LogP contribution < -0.4 is 11.2 Å². The number of ketones is 1. The molecule has 1 amide bonds. The van der Waals surface area contributed by atoms with Gasteiger partial charge in [0.15, 0.2) is 5.69 Å². The summed E-state index contributed by atoms with van der Waals surface area (Å²) in [5, 5.41) is 6.32. The van der Waals surface area contributed by atoms with E-state index in [4.69, 9.17) is 5.73 Å². The molecule has 0 spiro atoms. The number of primary amides is 1. The molecule has 2 aromatic rings. The molecule has 7 nitrogen and oxygen atoms in total. The van der Waals surface area contributed by atoms with Crippen LogP contribution in [0, 0.1) is 0 Å². The van der Waals surface area contributed by atoms with Crippen molar-refractivity contribution in [1.82, 2.24) is 15.1 Å². The molecule has 7 heteroatoms. The minimum Gasteiger partial charge on any atom is -0.383 e. The first-order chi connectivity index (χ1) is 10.9. The third kappa shape index (κ3) is 3.70. The Morgan fingerprint density at radius 2 is 1.87 bits per heavy atom. The Labute approximate surface area is 132 Å². The summed E-state index contributed by atoms with van der Waals surface area (Å²) >= 11 is 0. The van der Waals surface area contributed by atoms with Gasteiger partial charge in [-0.25, -0.2) is 0 Å². The molecular formula is C16H16N4O3. The summed E-state index contributed by atoms with van der Waals surface area (Å²) in [6.45, 7) is 0. The van der Waals surface area contributed by atoms with Gasteiger partial charge in [-0.15, -0.1) is 0 Å². The van der Waals surface area contributed by atoms with Crippen LogP contribution in [0.5, 0.6) is 0 Å². The fourth-order valence-corrected chi connectivity index (χ4v) is 1.90. The van der Waals surface area contributed by atoms with Gasteiger partial charge in [-0.2, -0.15) is 5.10 Å². The zero-order chi connectivity index (χ0) is 17.0. The van der Waals surface area contributed by atoms with Gasteiger partial charge in [0.1, 0.15) is 0 Å². The second-order valence-electron chi connectivity index (χ2n) is 5.06. The summed E-state index contributed by atoms with van der Waals surface area (Å²) in [7, 11) is 3.52. The van der Waals surface area contributed by atoms with E-state index in [1.54, 1.807) is 31.1 Å². The SMILES string of the molecule is CN(C)C=CC(=O)c1n[nH]cc(-c2ccc(C(N)=O)cc2)c1=O. The molecule has 0 saturated heterocycles. The van der Waals surface area contributed by atoms with Gasteiger partial charge in [-0.3, -0.25) is 19.5 Å². The van der Waals surface area contributed by atoms with Crippen LogP contribution >= 0.6 is 0 Å². The first-order valence-electron chi connectivity index (χ1n) is 6.77. The minimum absolute atomic E-state index is 0.195. The largest absolute Gasteiger partial charge is 0.383 e. The van der Waals surface area contributed by atoms with Crippen molar-refractivity contribution in [1.29, 1.82) is 0 Å². The fourth-order valence-electron chi connectivity index (χ4n) is 1.90. The van der Waals surface area contributed by atoms with Gasteiger partial charge in [-0.05, 0) is 17.7 Å². The molecule has 1 aromatic heterocycles. The molecule has 0 atom stereocenters. The molecular weight excluding hydrogens is 296 g/mol. The van der Waals surface area contributed by atoms with E-state index >= 15 is 0 Å². The Hall–Kier alpha value is -3.22. The third-order valence-electron chi connectivity index (χ3n) is 3.08. The number of rotatable bonds is 5. The van der Waals surface area contributed by atoms with E-state index in [0.29, 0.717) is 11.1 Å². The second kappa shape index (κ2) is 6.69. The van der Waals surface area contributed by atoms with E-state index in [1.807, 2.05) is 0 Å². The van der Waals surface area contributed by atoms with Gasteiger partial charge < -0.3 is 10.6 Å². The number of carbonyl (C=O) groups is 2. The van der Waals surface area contributed by atoms with Crippen LogP contribution in [0.2, 0.25) is 0 Å². The van der Waals surface area contributed by atoms with Gasteiger partial charge in [0, 0.05) is 43.7 Å². The Kier molecular flexibility index (Phi) is 4.70. The van der Waals surface area contributed by atoms with Crippen molar-refractivity contribution in [3.05, 3.63) is 64.2 Å². The predicted octanol–water partition coefficient (Wildman–Crippen LogP) is 0.794. The van der Waals surface area contributed by atoms with Crippen LogP contribution in [-0.4, -0.2) is 40.9 Å². The molecule has 0 aliphatic heterocycles. The predicted molar refractivity (Wildman–Crippen MR) is 86.0 cm³/mol. The van der Waals surface area contributed by atoms with Gasteiger partial charge in [0.05, 0.1) is 0 Å². The first-order valence-corrected chi connectivity index (χ1v) is 6.77. The maximum absolute atomic E-state index is 12.4. The van der Waals surface area contributed by atoms with Crippen molar-refractivity contribution in [3.8, 4) is 11.1 Å². The number of allylic oxidation sites excluding steroid dienone is 1. The van der Waals surface area contributed by atoms with E-state index in [0.717, 1.165) is 0 Å². The maximum atomic E-state index is 12.4. The minimum atomic E-state index is -0.551. The highest BCUT2D eigenvalue weighted by Crippen LogP contribution is 2.15. The van der Waals surface area contributed by atoms with Crippen molar-refractivity contribution in [2.45, 2.75) is 0 Å². The Morgan fingerprint density at radius 3 is 2.43 bits per heavy atom. The molecule has 1 heterocycles. The Bertz CT molecular complexity index is 820. The zero-order valence-electron chi connectivity index (χ0n) is 12.7. The lowest BCUT2D eigenvalue weighted by molar-refractivity contribution is 0.0998. The summed E-state index contributed by atoms with van der Waals surface area (Å²) in [5.74, 6) is -1.04. The molecule has 0 fully saturated rings. The summed E-state index contributed by atoms with van der Waals surface area (Å²) in [4.78, 5) is 37.2. The van der Waals surface area contributed by atoms with Crippen LogP contribution in [0.15, 0.2) is 47.5 Å². The monoisotopic (exact) mass is 312 g/mol. The first kappa shape index (κ1) is 16.2. The number of H-pyrrole nitrogens is 1. The lowest BCUT2D eigenvalue weighted by Gasteiger charge is -2.04. The molecule has 2 rings (SSSR count). The summed E-state index contributed by atoms with van der Waals surface area (Å²) < 4.78 is 0. The molecule has 3 N–H and O–H groups in total. The lowest BCUT2D eigenvalue weighted by atomic mass is 10.0. The van der Waals surface area contributed by atoms with Crippen LogP contribution in [0.1, 0.15) is 20.8 Å². The van der Waals surface area contributed by atoms with Crippen molar-refractivity contribution >= 4 is 11.7 Å². The van der Waals surface area contributed by atoms with Crippen molar-refractivity contribution in [2.75, 3.05) is 14.1 Å². The molecule has 0 aliphatic rings. The molecule has 0 aliphatic carbocycles. The molecule has 0 unspecified atom stereocenters. The van der Waals surface area contributed by atoms with E-state index in [9.17, 15) is 14.4 Å². The number of nitrogens with zero attached hydrogens (tertiary/aromatic N) is 2. The van der Waals surface area contributed by atoms with Crippen LogP contribution in [-0.2, 0) is 0 Å². The van der Waals surface area contributed by atoms with Gasteiger partial charge in [-0.1, -0.05) is 12.1 Å². The number of carbonyl (C=O) groups excluding carboxylic acids is 2. The highest BCUT2D eigenvalue weighted by Gasteiger charge is 2.14. The molecule has 0 bridgehead atoms. The number of nitrogens with one attached hydrogen (secondary N) is 1. The topological polar surface area (TPSA) is 109 Å². The molecule has 1 aromatic carbocycles. The Morgan fingerprint density at radius 1 is 1.22 bits per heavy atom. The highest BCUT2D eigenvalue weighted by atomic mass is 16.1. The molecule has 0 saturated carbocycles. The quantitative estimate of drug-likeness (QED) is 0.627. The highest BCUT2D eigenvalue weighted by molar-refractivity contribution is 6.03. The number of amides is 1. The third-order valence-corrected chi connectivity index (χ3v) is 3.08. The Balaban J connectivity index is 2.42. The number of nitrogens with two attached hydrogens (primary N) is 1. The van der Waals surface area contributed by atoms with Crippen molar-refractivity contribution in [2.24, 2.45) is 5.73 Å². The summed E-state index contributed by atoms with van der Waals surface area (Å²) in [5.41, 5.74) is 5.69. The average Bonchev–Trinajstić information content (AvgIpc) is 2.53. The van der Waals surface area contributed by atoms with Crippen LogP contribution in [0.25, 0.3) is 11.1 Å². The number of aromatic amines is 1. The van der Waals surface area contributed by atoms with E-state index in [1.165, 1.54) is 30.6 Å².